The van der Waals surface area contributed by atoms with E-state index < -0.39 is 0 Å². The van der Waals surface area contributed by atoms with Gasteiger partial charge >= 0.3 is 0 Å². The van der Waals surface area contributed by atoms with Gasteiger partial charge in [0, 0.05) is 18.0 Å². The van der Waals surface area contributed by atoms with Crippen LogP contribution in [-0.4, -0.2) is 38.0 Å². The molecule has 0 amide bonds. The monoisotopic (exact) mass is 261 g/mol. The van der Waals surface area contributed by atoms with Crippen LogP contribution in [0, 0.1) is 0 Å². The summed E-state index contributed by atoms with van der Waals surface area (Å²) in [5, 5.41) is 0. The molecular formula is C11H16ClNO2S. The Bertz CT molecular complexity index is 326. The molecule has 0 N–H and O–H groups in total. The van der Waals surface area contributed by atoms with Crippen molar-refractivity contribution in [3.8, 4) is 0 Å². The molecule has 16 heavy (non-hydrogen) atoms. The molecule has 1 atom stereocenters. The molecule has 90 valence electrons. The number of rotatable bonds is 4. The zero-order chi connectivity index (χ0) is 11.4. The van der Waals surface area contributed by atoms with Gasteiger partial charge in [0.25, 0.3) is 0 Å². The van der Waals surface area contributed by atoms with E-state index >= 15 is 0 Å². The number of nitrogens with zero attached hydrogens (tertiary/aromatic N) is 1. The number of hydrogen-bond acceptors (Lipinski definition) is 4. The minimum atomic E-state index is 0.300. The summed E-state index contributed by atoms with van der Waals surface area (Å²) in [7, 11) is 2.10. The highest BCUT2D eigenvalue weighted by Crippen LogP contribution is 2.22. The fourth-order valence-electron chi connectivity index (χ4n) is 1.76. The van der Waals surface area contributed by atoms with Gasteiger partial charge in [-0.05, 0) is 25.6 Å². The fourth-order valence-corrected chi connectivity index (χ4v) is 2.93. The predicted octanol–water partition coefficient (Wildman–Crippen LogP) is 2.60. The molecule has 0 radical (unpaired) electrons. The first-order valence-electron chi connectivity index (χ1n) is 5.36. The van der Waals surface area contributed by atoms with Gasteiger partial charge in [0.05, 0.1) is 17.0 Å². The summed E-state index contributed by atoms with van der Waals surface area (Å²) in [5.41, 5.74) is 0. The molecule has 2 heterocycles. The summed E-state index contributed by atoms with van der Waals surface area (Å²) in [6.45, 7) is 3.11. The van der Waals surface area contributed by atoms with E-state index in [9.17, 15) is 0 Å². The van der Waals surface area contributed by atoms with Crippen LogP contribution in [0.1, 0.15) is 11.3 Å². The van der Waals surface area contributed by atoms with Crippen molar-refractivity contribution in [2.75, 3.05) is 27.0 Å². The van der Waals surface area contributed by atoms with Crippen molar-refractivity contribution < 1.29 is 9.47 Å². The van der Waals surface area contributed by atoms with Gasteiger partial charge in [0.15, 0.2) is 0 Å². The Morgan fingerprint density at radius 3 is 3.06 bits per heavy atom. The lowest BCUT2D eigenvalue weighted by Gasteiger charge is -2.27. The van der Waals surface area contributed by atoms with Crippen LogP contribution in [0.25, 0.3) is 0 Å². The molecule has 0 aromatic carbocycles. The molecule has 0 aliphatic carbocycles. The minimum Gasteiger partial charge on any atom is -0.355 e. The van der Waals surface area contributed by atoms with Crippen LogP contribution in [0.15, 0.2) is 12.1 Å². The zero-order valence-electron chi connectivity index (χ0n) is 9.32. The van der Waals surface area contributed by atoms with E-state index in [1.54, 1.807) is 11.3 Å². The highest BCUT2D eigenvalue weighted by atomic mass is 35.5. The van der Waals surface area contributed by atoms with Crippen LogP contribution in [-0.2, 0) is 16.0 Å². The Morgan fingerprint density at radius 2 is 2.44 bits per heavy atom. The van der Waals surface area contributed by atoms with E-state index in [1.165, 1.54) is 4.88 Å². The summed E-state index contributed by atoms with van der Waals surface area (Å²) in [4.78, 5) is 3.55. The normalized spacial score (nSPS) is 21.6. The highest BCUT2D eigenvalue weighted by molar-refractivity contribution is 7.16. The first kappa shape index (κ1) is 12.3. The first-order valence-corrected chi connectivity index (χ1v) is 6.55. The lowest BCUT2D eigenvalue weighted by molar-refractivity contribution is -0.143. The first-order chi connectivity index (χ1) is 7.74. The summed E-state index contributed by atoms with van der Waals surface area (Å²) >= 11 is 7.53. The average Bonchev–Trinajstić information content (AvgIpc) is 2.65. The van der Waals surface area contributed by atoms with Gasteiger partial charge in [-0.2, -0.15) is 0 Å². The molecular weight excluding hydrogens is 246 g/mol. The molecule has 1 aromatic rings. The second-order valence-corrected chi connectivity index (χ2v) is 5.81. The molecule has 0 spiro atoms. The SMILES string of the molecule is CN(Cc1ccc(Cl)s1)CC1CCOCO1. The van der Waals surface area contributed by atoms with Crippen LogP contribution in [0.4, 0.5) is 0 Å². The summed E-state index contributed by atoms with van der Waals surface area (Å²) in [6, 6.07) is 4.02. The van der Waals surface area contributed by atoms with Gasteiger partial charge in [-0.3, -0.25) is 4.90 Å². The van der Waals surface area contributed by atoms with Gasteiger partial charge in [-0.25, -0.2) is 0 Å². The molecule has 1 aliphatic heterocycles. The van der Waals surface area contributed by atoms with Gasteiger partial charge < -0.3 is 9.47 Å². The maximum Gasteiger partial charge on any atom is 0.147 e. The van der Waals surface area contributed by atoms with Crippen molar-refractivity contribution in [3.63, 3.8) is 0 Å². The topological polar surface area (TPSA) is 21.7 Å². The quantitative estimate of drug-likeness (QED) is 0.832. The van der Waals surface area contributed by atoms with E-state index in [-0.39, 0.29) is 0 Å². The average molecular weight is 262 g/mol. The molecule has 3 nitrogen and oxygen atoms in total. The van der Waals surface area contributed by atoms with Crippen LogP contribution in [0.5, 0.6) is 0 Å². The number of halogens is 1. The van der Waals surface area contributed by atoms with Gasteiger partial charge in [-0.1, -0.05) is 11.6 Å². The molecule has 5 heteroatoms. The van der Waals surface area contributed by atoms with E-state index in [1.807, 2.05) is 6.07 Å². The number of hydrogen-bond donors (Lipinski definition) is 0. The Labute approximate surface area is 105 Å². The van der Waals surface area contributed by atoms with Crippen molar-refractivity contribution in [1.29, 1.82) is 0 Å². The van der Waals surface area contributed by atoms with E-state index in [4.69, 9.17) is 21.1 Å². The van der Waals surface area contributed by atoms with Crippen molar-refractivity contribution in [3.05, 3.63) is 21.3 Å². The molecule has 0 saturated carbocycles. The standard InChI is InChI=1S/C11H16ClNO2S/c1-13(6-9-4-5-14-8-15-9)7-10-2-3-11(12)16-10/h2-3,9H,4-8H2,1H3. The number of likely N-dealkylation sites (N-methyl/N-ethyl adjacent to an activating group) is 1. The predicted molar refractivity (Wildman–Crippen MR) is 66.0 cm³/mol. The Morgan fingerprint density at radius 1 is 1.56 bits per heavy atom. The van der Waals surface area contributed by atoms with E-state index in [0.29, 0.717) is 12.9 Å². The third-order valence-corrected chi connectivity index (χ3v) is 3.76. The summed E-state index contributed by atoms with van der Waals surface area (Å²) < 4.78 is 11.5. The maximum atomic E-state index is 5.89. The lowest BCUT2D eigenvalue weighted by atomic mass is 10.2. The van der Waals surface area contributed by atoms with Crippen molar-refractivity contribution >= 4 is 22.9 Å². The summed E-state index contributed by atoms with van der Waals surface area (Å²) in [6.07, 6.45) is 1.28. The third-order valence-electron chi connectivity index (χ3n) is 2.54. The van der Waals surface area contributed by atoms with Crippen molar-refractivity contribution in [2.24, 2.45) is 0 Å². The molecule has 0 bridgehead atoms. The van der Waals surface area contributed by atoms with Crippen LogP contribution < -0.4 is 0 Å². The second kappa shape index (κ2) is 5.98. The largest absolute Gasteiger partial charge is 0.355 e. The molecule has 1 unspecified atom stereocenters. The zero-order valence-corrected chi connectivity index (χ0v) is 10.9. The fraction of sp³-hybridized carbons (Fsp3) is 0.636. The number of thiophene rings is 1. The molecule has 1 aromatic heterocycles. The second-order valence-electron chi connectivity index (χ2n) is 4.01. The van der Waals surface area contributed by atoms with Crippen molar-refractivity contribution in [1.82, 2.24) is 4.90 Å². The Balaban J connectivity index is 1.77. The van der Waals surface area contributed by atoms with Gasteiger partial charge in [0.2, 0.25) is 0 Å². The van der Waals surface area contributed by atoms with Gasteiger partial charge in [-0.15, -0.1) is 11.3 Å². The molecule has 2 rings (SSSR count). The minimum absolute atomic E-state index is 0.300. The molecule has 1 aliphatic rings. The molecule has 1 fully saturated rings. The summed E-state index contributed by atoms with van der Waals surface area (Å²) in [5.74, 6) is 0. The lowest BCUT2D eigenvalue weighted by Crippen LogP contribution is -2.34. The van der Waals surface area contributed by atoms with Gasteiger partial charge in [0.1, 0.15) is 6.79 Å². The smallest absolute Gasteiger partial charge is 0.147 e. The highest BCUT2D eigenvalue weighted by Gasteiger charge is 2.16. The van der Waals surface area contributed by atoms with E-state index in [0.717, 1.165) is 30.5 Å². The number of ether oxygens (including phenoxy) is 2. The van der Waals surface area contributed by atoms with E-state index in [2.05, 4.69) is 18.0 Å². The van der Waals surface area contributed by atoms with Crippen LogP contribution >= 0.6 is 22.9 Å². The Kier molecular flexibility index (Phi) is 4.61. The van der Waals surface area contributed by atoms with Crippen molar-refractivity contribution in [2.45, 2.75) is 19.1 Å². The molecule has 1 saturated heterocycles. The maximum absolute atomic E-state index is 5.89. The Hall–Kier alpha value is -0.130. The van der Waals surface area contributed by atoms with Crippen LogP contribution in [0.3, 0.4) is 0 Å². The van der Waals surface area contributed by atoms with Crippen LogP contribution in [0.2, 0.25) is 4.34 Å². The third kappa shape index (κ3) is 3.71.